The van der Waals surface area contributed by atoms with Crippen LogP contribution in [-0.2, 0) is 0 Å². The van der Waals surface area contributed by atoms with Crippen LogP contribution in [0.15, 0.2) is 24.4 Å². The van der Waals surface area contributed by atoms with E-state index in [9.17, 15) is 0 Å². The highest BCUT2D eigenvalue weighted by molar-refractivity contribution is 7.80. The van der Waals surface area contributed by atoms with Crippen LogP contribution in [0.2, 0.25) is 0 Å². The van der Waals surface area contributed by atoms with Gasteiger partial charge in [-0.25, -0.2) is 0 Å². The second kappa shape index (κ2) is 3.88. The van der Waals surface area contributed by atoms with Crippen molar-refractivity contribution in [2.24, 2.45) is 0 Å². The largest absolute Gasteiger partial charge is 0.278 e. The van der Waals surface area contributed by atoms with E-state index in [1.54, 1.807) is 0 Å². The fourth-order valence-electron chi connectivity index (χ4n) is 1.48. The molecule has 0 unspecified atom stereocenters. The number of nitrogens with one attached hydrogen (secondary N) is 1. The van der Waals surface area contributed by atoms with Crippen molar-refractivity contribution in [1.82, 2.24) is 10.2 Å². The maximum absolute atomic E-state index is 4.14. The first-order valence-corrected chi connectivity index (χ1v) is 5.15. The lowest BCUT2D eigenvalue weighted by molar-refractivity contribution is 1.12. The second-order valence-corrected chi connectivity index (χ2v) is 3.62. The molecular weight excluding hydrogens is 192 g/mol. The quantitative estimate of drug-likeness (QED) is 0.723. The van der Waals surface area contributed by atoms with Crippen LogP contribution in [0, 0.1) is 6.92 Å². The van der Waals surface area contributed by atoms with Crippen molar-refractivity contribution in [2.75, 3.05) is 5.75 Å². The van der Waals surface area contributed by atoms with Crippen molar-refractivity contribution in [3.8, 4) is 0 Å². The molecule has 0 radical (unpaired) electrons. The average molecular weight is 204 g/mol. The molecule has 0 aliphatic carbocycles. The van der Waals surface area contributed by atoms with Gasteiger partial charge in [-0.1, -0.05) is 12.2 Å². The van der Waals surface area contributed by atoms with Crippen LogP contribution < -0.4 is 0 Å². The molecule has 0 amide bonds. The molecule has 1 N–H and O–H groups in total. The van der Waals surface area contributed by atoms with Crippen molar-refractivity contribution in [2.45, 2.75) is 6.92 Å². The molecule has 1 aromatic heterocycles. The van der Waals surface area contributed by atoms with Gasteiger partial charge in [-0.15, -0.1) is 0 Å². The molecule has 72 valence electrons. The van der Waals surface area contributed by atoms with Gasteiger partial charge in [0.25, 0.3) is 0 Å². The normalized spacial score (nSPS) is 11.6. The first kappa shape index (κ1) is 9.34. The van der Waals surface area contributed by atoms with Crippen LogP contribution in [-0.4, -0.2) is 16.0 Å². The highest BCUT2D eigenvalue weighted by atomic mass is 32.1. The minimum atomic E-state index is 0.767. The van der Waals surface area contributed by atoms with E-state index in [4.69, 9.17) is 0 Å². The van der Waals surface area contributed by atoms with Crippen molar-refractivity contribution < 1.29 is 0 Å². The van der Waals surface area contributed by atoms with E-state index in [1.165, 1.54) is 11.1 Å². The Morgan fingerprint density at radius 3 is 3.14 bits per heavy atom. The standard InChI is InChI=1S/C11H12N2S/c1-8-5-11-10(7-12-13-11)6-9(8)3-2-4-14/h2-3,5-7,14H,4H2,1H3,(H,12,13). The molecule has 0 aliphatic heterocycles. The summed E-state index contributed by atoms with van der Waals surface area (Å²) in [6.45, 7) is 2.10. The van der Waals surface area contributed by atoms with Gasteiger partial charge in [-0.05, 0) is 30.2 Å². The zero-order chi connectivity index (χ0) is 9.97. The number of aryl methyl sites for hydroxylation is 1. The number of thiol groups is 1. The molecule has 2 rings (SSSR count). The summed E-state index contributed by atoms with van der Waals surface area (Å²) < 4.78 is 0. The summed E-state index contributed by atoms with van der Waals surface area (Å²) in [5.41, 5.74) is 3.57. The topological polar surface area (TPSA) is 28.7 Å². The Morgan fingerprint density at radius 2 is 2.36 bits per heavy atom. The van der Waals surface area contributed by atoms with Crippen LogP contribution in [0.5, 0.6) is 0 Å². The number of rotatable bonds is 2. The van der Waals surface area contributed by atoms with E-state index >= 15 is 0 Å². The SMILES string of the molecule is Cc1cc2[nH]ncc2cc1C=CCS. The van der Waals surface area contributed by atoms with E-state index < -0.39 is 0 Å². The molecule has 0 saturated heterocycles. The van der Waals surface area contributed by atoms with E-state index in [0.717, 1.165) is 16.7 Å². The average Bonchev–Trinajstić information content (AvgIpc) is 2.61. The highest BCUT2D eigenvalue weighted by Crippen LogP contribution is 2.18. The van der Waals surface area contributed by atoms with Gasteiger partial charge in [-0.3, -0.25) is 5.10 Å². The molecule has 1 aromatic carbocycles. The van der Waals surface area contributed by atoms with Gasteiger partial charge in [0.05, 0.1) is 11.7 Å². The molecule has 3 heteroatoms. The van der Waals surface area contributed by atoms with Crippen molar-refractivity contribution in [3.63, 3.8) is 0 Å². The minimum Gasteiger partial charge on any atom is -0.278 e. The molecule has 0 fully saturated rings. The summed E-state index contributed by atoms with van der Waals surface area (Å²) in [6.07, 6.45) is 5.97. The third-order valence-electron chi connectivity index (χ3n) is 2.23. The monoisotopic (exact) mass is 204 g/mol. The maximum Gasteiger partial charge on any atom is 0.0653 e. The molecule has 2 aromatic rings. The molecule has 1 heterocycles. The fraction of sp³-hybridized carbons (Fsp3) is 0.182. The summed E-state index contributed by atoms with van der Waals surface area (Å²) in [6, 6.07) is 4.24. The summed E-state index contributed by atoms with van der Waals surface area (Å²) in [4.78, 5) is 0. The van der Waals surface area contributed by atoms with Crippen LogP contribution in [0.3, 0.4) is 0 Å². The van der Waals surface area contributed by atoms with Crippen LogP contribution in [0.25, 0.3) is 17.0 Å². The minimum absolute atomic E-state index is 0.767. The number of hydrogen-bond acceptors (Lipinski definition) is 2. The first-order chi connectivity index (χ1) is 6.81. The molecule has 0 saturated carbocycles. The smallest absolute Gasteiger partial charge is 0.0653 e. The zero-order valence-electron chi connectivity index (χ0n) is 7.99. The predicted octanol–water partition coefficient (Wildman–Crippen LogP) is 2.81. The number of aromatic amines is 1. The molecule has 0 bridgehead atoms. The molecule has 2 nitrogen and oxygen atoms in total. The Labute approximate surface area is 88.4 Å². The summed E-state index contributed by atoms with van der Waals surface area (Å²) in [7, 11) is 0. The zero-order valence-corrected chi connectivity index (χ0v) is 8.88. The predicted molar refractivity (Wildman–Crippen MR) is 63.7 cm³/mol. The van der Waals surface area contributed by atoms with Gasteiger partial charge in [0.2, 0.25) is 0 Å². The number of H-pyrrole nitrogens is 1. The second-order valence-electron chi connectivity index (χ2n) is 3.25. The van der Waals surface area contributed by atoms with E-state index in [1.807, 2.05) is 12.3 Å². The summed E-state index contributed by atoms with van der Waals surface area (Å²) in [5, 5.41) is 8.10. The third-order valence-corrected chi connectivity index (χ3v) is 2.44. The maximum atomic E-state index is 4.14. The van der Waals surface area contributed by atoms with Gasteiger partial charge < -0.3 is 0 Å². The lowest BCUT2D eigenvalue weighted by atomic mass is 10.1. The summed E-state index contributed by atoms with van der Waals surface area (Å²) >= 11 is 4.14. The van der Waals surface area contributed by atoms with Gasteiger partial charge in [-0.2, -0.15) is 17.7 Å². The molecular formula is C11H12N2S. The van der Waals surface area contributed by atoms with E-state index in [0.29, 0.717) is 0 Å². The van der Waals surface area contributed by atoms with Gasteiger partial charge >= 0.3 is 0 Å². The number of aromatic nitrogens is 2. The molecule has 14 heavy (non-hydrogen) atoms. The lowest BCUT2D eigenvalue weighted by Crippen LogP contribution is -1.81. The number of nitrogens with zero attached hydrogens (tertiary/aromatic N) is 1. The third kappa shape index (κ3) is 1.68. The van der Waals surface area contributed by atoms with Gasteiger partial charge in [0, 0.05) is 11.1 Å². The Kier molecular flexibility index (Phi) is 2.59. The Balaban J connectivity index is 2.53. The fourth-order valence-corrected chi connectivity index (χ4v) is 1.58. The first-order valence-electron chi connectivity index (χ1n) is 4.52. The number of benzene rings is 1. The molecule has 0 atom stereocenters. The Morgan fingerprint density at radius 1 is 1.50 bits per heavy atom. The Bertz CT molecular complexity index is 471. The van der Waals surface area contributed by atoms with Gasteiger partial charge in [0.15, 0.2) is 0 Å². The molecule has 0 spiro atoms. The van der Waals surface area contributed by atoms with Crippen LogP contribution in [0.1, 0.15) is 11.1 Å². The Hall–Kier alpha value is -1.22. The number of fused-ring (bicyclic) bond motifs is 1. The number of hydrogen-bond donors (Lipinski definition) is 2. The van der Waals surface area contributed by atoms with Crippen LogP contribution in [0.4, 0.5) is 0 Å². The highest BCUT2D eigenvalue weighted by Gasteiger charge is 1.99. The van der Waals surface area contributed by atoms with Crippen molar-refractivity contribution in [3.05, 3.63) is 35.5 Å². The van der Waals surface area contributed by atoms with Crippen LogP contribution >= 0.6 is 12.6 Å². The summed E-state index contributed by atoms with van der Waals surface area (Å²) in [5.74, 6) is 0.767. The molecule has 0 aliphatic rings. The van der Waals surface area contributed by atoms with E-state index in [2.05, 4.69) is 48.0 Å². The van der Waals surface area contributed by atoms with Crippen molar-refractivity contribution >= 4 is 29.6 Å². The van der Waals surface area contributed by atoms with Gasteiger partial charge in [0.1, 0.15) is 0 Å². The van der Waals surface area contributed by atoms with E-state index in [-0.39, 0.29) is 0 Å². The lowest BCUT2D eigenvalue weighted by Gasteiger charge is -1.99. The van der Waals surface area contributed by atoms with Crippen molar-refractivity contribution in [1.29, 1.82) is 0 Å².